The van der Waals surface area contributed by atoms with E-state index in [0.717, 1.165) is 83.5 Å². The first-order valence-corrected chi connectivity index (χ1v) is 57.4. The van der Waals surface area contributed by atoms with Crippen LogP contribution in [-0.2, 0) is 87.8 Å². The molecule has 13 aliphatic rings. The largest absolute Gasteiger partial charge is 0.389 e. The van der Waals surface area contributed by atoms with Gasteiger partial charge in [0.15, 0.2) is 0 Å². The highest BCUT2D eigenvalue weighted by atomic mass is 32.2. The molecule has 0 spiro atoms. The SMILES string of the molecule is C=CCNC(=O)C(=O)C(CCC(F)(F)F)NC(=O)[C@@H]1[C@@H]2[C@H](CN1C(=O)[C@@H](NC(=O)N[C@H](CN1CCCS1(=O)=O)C(C)(C)C)C1CCCCC1)C2(C)C.CN1CCN(C[C@@H](NC(=O)N[C@H](C(=O)N2C[C@H]3[C@@H]([C@H]2C(=O)NC(CC2CCC2)C(=O)C(N)=O)C3(C)C)C(C)(C)C)C(C)(C)C)S1(=O)=O.CNC(=O)C(=O)C(CC1CC1)NC(=O)[C@@H]1[C@@H]2[C@H](CN1C(=O)[C@@H](NC(=O)N[C@H](CN1CCCS1(=O)=O)C(C)(C)C)C1CCCCC1)C2(C)C. The molecule has 147 heavy (non-hydrogen) atoms. The van der Waals surface area contributed by atoms with Crippen molar-refractivity contribution in [1.29, 1.82) is 0 Å². The van der Waals surface area contributed by atoms with Gasteiger partial charge in [0, 0.05) is 111 Å². The van der Waals surface area contributed by atoms with Crippen LogP contribution in [0.1, 0.15) is 259 Å². The summed E-state index contributed by atoms with van der Waals surface area (Å²) in [7, 11) is -7.54. The molecule has 15 amide bonds. The summed E-state index contributed by atoms with van der Waals surface area (Å²) in [6, 6.07) is -13.1. The van der Waals surface area contributed by atoms with E-state index in [2.05, 4.69) is 78.9 Å². The molecule has 7 saturated carbocycles. The number of halogens is 3. The van der Waals surface area contributed by atoms with Crippen LogP contribution in [0.15, 0.2) is 12.7 Å². The number of primary amides is 1. The van der Waals surface area contributed by atoms with Crippen molar-refractivity contribution in [2.45, 2.75) is 338 Å². The first-order chi connectivity index (χ1) is 68.0. The molecular weight excluding hydrogens is 1970 g/mol. The van der Waals surface area contributed by atoms with Crippen LogP contribution in [0, 0.1) is 97.1 Å². The first-order valence-electron chi connectivity index (χ1n) is 52.8. The van der Waals surface area contributed by atoms with Gasteiger partial charge in [-0.25, -0.2) is 31.2 Å². The number of urea groups is 3. The molecule has 7 aliphatic carbocycles. The monoisotopic (exact) mass is 2130 g/mol. The fourth-order valence-electron chi connectivity index (χ4n) is 23.6. The maximum Gasteiger partial charge on any atom is 0.389 e. The van der Waals surface area contributed by atoms with Crippen molar-refractivity contribution < 1.29 is 110 Å². The summed E-state index contributed by atoms with van der Waals surface area (Å²) in [6.45, 7) is 40.6. The summed E-state index contributed by atoms with van der Waals surface area (Å²) in [5.74, 6) is -9.16. The predicted octanol–water partition coefficient (Wildman–Crippen LogP) is 5.45. The summed E-state index contributed by atoms with van der Waals surface area (Å²) in [6.07, 6.45) is 9.16. The molecule has 18 atom stereocenters. The Bertz CT molecular complexity index is 5270. The standard InChI is InChI=1S/C35H55F3N6O7S.C34H56N6O7S.C32H55N7O7S/c1-7-16-39-30(47)28(45)23(14-15-35(36,37)38)40-29(46)27-25-22(34(25,5)6)19-44(27)31(48)26(21-12-9-8-10-13-21)42-32(49)41-24(33(2,3)4)20-43-17-11-18-52(43,50)51;1-33(2,3)24(19-39-15-10-16-48(39,46)47)37-32(45)38-26(21-11-8-7-9-12-21)31(44)40-18-22-25(34(22,4)5)27(40)29(42)36-23(17-20-13-14-20)28(41)30(43)35-6;1-30(2,3)21(17-38-14-13-37(9)47(38,45)46)35-29(44)36-25(31(4,5)6)28(43)39-16-19-22(32(19,7)8)23(39)27(42)34-20(24(40)26(33)41)15-18-11-10-12-18/h7,21-27H,1,8-20H2,2-6H3,(H,39,47)(H,40,46)(H2,41,42,49);20-27H,7-19H2,1-6H3,(H,35,43)(H,36,42)(H2,37,38,45);18-23,25H,10-17H2,1-9H3,(H2,33,41)(H,34,42)(H2,35,36,44)/t2*22-,23?,24+,25-,26-,27-;19-,20?,21+,22-,23-,25+/m000/s1. The Morgan fingerprint density at radius 1 is 0.422 bits per heavy atom. The minimum absolute atomic E-state index is 0.0391. The number of nitrogens with two attached hydrogens (primary N) is 1. The molecule has 13 rings (SSSR count). The maximum atomic E-state index is 14.6. The molecule has 46 heteroatoms. The molecule has 0 aromatic rings. The van der Waals surface area contributed by atoms with E-state index in [4.69, 9.17) is 5.73 Å². The van der Waals surface area contributed by atoms with Crippen molar-refractivity contribution in [2.24, 2.45) is 103 Å². The number of carbonyl (C=O) groups is 15. The van der Waals surface area contributed by atoms with Crippen LogP contribution in [0.5, 0.6) is 0 Å². The van der Waals surface area contributed by atoms with E-state index in [1.54, 1.807) is 4.90 Å². The molecular formula is C101H166F3N19O21S3. The van der Waals surface area contributed by atoms with Gasteiger partial charge < -0.3 is 78.9 Å². The van der Waals surface area contributed by atoms with Crippen LogP contribution in [-0.4, -0.2) is 322 Å². The molecule has 0 aromatic heterocycles. The molecule has 6 saturated heterocycles. The van der Waals surface area contributed by atoms with Gasteiger partial charge in [-0.3, -0.25) is 57.5 Å². The van der Waals surface area contributed by atoms with Gasteiger partial charge in [-0.15, -0.1) is 6.58 Å². The Labute approximate surface area is 866 Å². The minimum atomic E-state index is -4.66. The Morgan fingerprint density at radius 3 is 1.10 bits per heavy atom. The van der Waals surface area contributed by atoms with E-state index in [-0.39, 0.29) is 126 Å². The van der Waals surface area contributed by atoms with Gasteiger partial charge in [-0.1, -0.05) is 201 Å². The van der Waals surface area contributed by atoms with Crippen molar-refractivity contribution in [3.05, 3.63) is 12.7 Å². The molecule has 0 aromatic carbocycles. The lowest BCUT2D eigenvalue weighted by molar-refractivity contribution is -0.147. The van der Waals surface area contributed by atoms with E-state index >= 15 is 0 Å². The average molecular weight is 2140 g/mol. The average Bonchev–Trinajstić information content (AvgIpc) is 1.53. The quantitative estimate of drug-likeness (QED) is 0.0271. The van der Waals surface area contributed by atoms with Gasteiger partial charge in [-0.2, -0.15) is 38.8 Å². The van der Waals surface area contributed by atoms with E-state index in [1.165, 1.54) is 47.2 Å². The molecule has 6 aliphatic heterocycles. The lowest BCUT2D eigenvalue weighted by Gasteiger charge is -2.39. The smallest absolute Gasteiger partial charge is 0.363 e. The molecule has 13 N–H and O–H groups in total. The number of likely N-dealkylation sites (tertiary alicyclic amines) is 3. The van der Waals surface area contributed by atoms with Crippen molar-refractivity contribution in [1.82, 2.24) is 90.4 Å². The molecule has 6 heterocycles. The fourth-order valence-corrected chi connectivity index (χ4v) is 28.1. The third kappa shape index (κ3) is 28.4. The lowest BCUT2D eigenvalue weighted by Crippen LogP contribution is -2.62. The van der Waals surface area contributed by atoms with Gasteiger partial charge in [-0.05, 0) is 155 Å². The highest BCUT2D eigenvalue weighted by Crippen LogP contribution is 2.67. The van der Waals surface area contributed by atoms with Gasteiger partial charge in [0.05, 0.1) is 29.6 Å². The van der Waals surface area contributed by atoms with E-state index in [1.807, 2.05) is 111 Å². The first kappa shape index (κ1) is 119. The maximum absolute atomic E-state index is 14.6. The second-order valence-corrected chi connectivity index (χ2v) is 55.9. The summed E-state index contributed by atoms with van der Waals surface area (Å²) in [4.78, 5) is 206. The van der Waals surface area contributed by atoms with Crippen LogP contribution in [0.4, 0.5) is 27.6 Å². The topological polar surface area (TPSA) is 539 Å². The normalized spacial score (nSPS) is 27.3. The number of rotatable bonds is 37. The number of alkyl halides is 3. The molecule has 40 nitrogen and oxygen atoms in total. The number of sulfonamides is 2. The van der Waals surface area contributed by atoms with Gasteiger partial charge in [0.1, 0.15) is 36.3 Å². The van der Waals surface area contributed by atoms with Crippen LogP contribution in [0.3, 0.4) is 0 Å². The van der Waals surface area contributed by atoms with Crippen molar-refractivity contribution in [3.63, 3.8) is 0 Å². The number of hydrogen-bond acceptors (Lipinski definition) is 21. The Kier molecular flexibility index (Phi) is 37.1. The van der Waals surface area contributed by atoms with Crippen LogP contribution >= 0.6 is 0 Å². The second-order valence-electron chi connectivity index (χ2n) is 49.7. The zero-order valence-corrected chi connectivity index (χ0v) is 92.1. The molecule has 0 bridgehead atoms. The summed E-state index contributed by atoms with van der Waals surface area (Å²) in [5, 5.41) is 30.2. The highest BCUT2D eigenvalue weighted by molar-refractivity contribution is 7.89. The second kappa shape index (κ2) is 46.1. The Balaban J connectivity index is 0.000000210. The minimum Gasteiger partial charge on any atom is -0.363 e. The number of Topliss-reactive ketones (excluding diaryl/α,β-unsaturated/α-hetero) is 3. The summed E-state index contributed by atoms with van der Waals surface area (Å²) in [5.41, 5.74) is 2.28. The summed E-state index contributed by atoms with van der Waals surface area (Å²) < 4.78 is 121. The van der Waals surface area contributed by atoms with E-state index in [9.17, 15) is 110 Å². The van der Waals surface area contributed by atoms with Crippen LogP contribution in [0.25, 0.3) is 0 Å². The van der Waals surface area contributed by atoms with Crippen molar-refractivity contribution in [2.75, 3.05) is 97.6 Å². The number of amides is 15. The molecule has 830 valence electrons. The number of nitrogens with one attached hydrogen (secondary N) is 11. The van der Waals surface area contributed by atoms with Gasteiger partial charge >= 0.3 is 24.3 Å². The highest BCUT2D eigenvalue weighted by Gasteiger charge is 2.73. The number of piperidine rings is 3. The van der Waals surface area contributed by atoms with Gasteiger partial charge in [0.2, 0.25) is 72.8 Å². The van der Waals surface area contributed by atoms with Gasteiger partial charge in [0.25, 0.3) is 27.9 Å². The Hall–Kier alpha value is -8.73. The van der Waals surface area contributed by atoms with Crippen LogP contribution < -0.4 is 64.2 Å². The summed E-state index contributed by atoms with van der Waals surface area (Å²) >= 11 is 0. The number of carbonyl (C=O) groups excluding carboxylic acids is 15. The van der Waals surface area contributed by atoms with Crippen LogP contribution in [0.2, 0.25) is 0 Å². The molecule has 13 fully saturated rings. The zero-order valence-electron chi connectivity index (χ0n) is 89.7. The van der Waals surface area contributed by atoms with Crippen molar-refractivity contribution in [3.8, 4) is 0 Å². The number of hydrogen-bond donors (Lipinski definition) is 12. The van der Waals surface area contributed by atoms with Crippen molar-refractivity contribution >= 4 is 119 Å². The fraction of sp³-hybridized carbons (Fsp3) is 0.832. The van der Waals surface area contributed by atoms with E-state index in [0.29, 0.717) is 77.8 Å². The Morgan fingerprint density at radius 2 is 0.782 bits per heavy atom. The predicted molar refractivity (Wildman–Crippen MR) is 542 cm³/mol. The molecule has 3 unspecified atom stereocenters. The van der Waals surface area contributed by atoms with E-state index < -0.39 is 226 Å². The third-order valence-electron chi connectivity index (χ3n) is 34.0. The number of nitrogens with zero attached hydrogens (tertiary/aromatic N) is 7. The lowest BCUT2D eigenvalue weighted by atomic mass is 9.80. The molecule has 0 radical (unpaired) electrons. The third-order valence-corrected chi connectivity index (χ3v) is 39.8. The zero-order chi connectivity index (χ0) is 109. The number of ketones is 3. The number of likely N-dealkylation sites (N-methyl/N-ethyl adjacent to an activating group) is 2. The number of fused-ring (bicyclic) bond motifs is 3.